The standard InChI is InChI=1S/C15H13ClN2O2S/c1-8-3-2-4-10(13(8)19)15(20)18-12-7-9(14(17)21)5-6-11(12)16/h2-7,19H,1H3,(H2,17,21)(H,18,20). The maximum Gasteiger partial charge on any atom is 0.259 e. The number of nitrogens with two attached hydrogens (primary N) is 1. The summed E-state index contributed by atoms with van der Waals surface area (Å²) >= 11 is 10.9. The Bertz CT molecular complexity index is 732. The van der Waals surface area contributed by atoms with Crippen LogP contribution in [-0.2, 0) is 0 Å². The van der Waals surface area contributed by atoms with Crippen LogP contribution in [0, 0.1) is 6.92 Å². The van der Waals surface area contributed by atoms with Gasteiger partial charge in [0.15, 0.2) is 0 Å². The summed E-state index contributed by atoms with van der Waals surface area (Å²) in [5.74, 6) is -0.519. The monoisotopic (exact) mass is 320 g/mol. The van der Waals surface area contributed by atoms with E-state index in [4.69, 9.17) is 29.6 Å². The van der Waals surface area contributed by atoms with Crippen molar-refractivity contribution in [3.63, 3.8) is 0 Å². The van der Waals surface area contributed by atoms with Gasteiger partial charge in [-0.05, 0) is 30.7 Å². The normalized spacial score (nSPS) is 10.2. The van der Waals surface area contributed by atoms with Crippen LogP contribution in [-0.4, -0.2) is 16.0 Å². The zero-order valence-electron chi connectivity index (χ0n) is 11.2. The number of carbonyl (C=O) groups is 1. The highest BCUT2D eigenvalue weighted by Gasteiger charge is 2.14. The van der Waals surface area contributed by atoms with Crippen LogP contribution in [0.4, 0.5) is 5.69 Å². The highest BCUT2D eigenvalue weighted by Crippen LogP contribution is 2.26. The van der Waals surface area contributed by atoms with Gasteiger partial charge in [0.1, 0.15) is 10.7 Å². The molecule has 6 heteroatoms. The molecule has 21 heavy (non-hydrogen) atoms. The van der Waals surface area contributed by atoms with E-state index >= 15 is 0 Å². The van der Waals surface area contributed by atoms with Crippen LogP contribution < -0.4 is 11.1 Å². The van der Waals surface area contributed by atoms with Gasteiger partial charge >= 0.3 is 0 Å². The van der Waals surface area contributed by atoms with Crippen molar-refractivity contribution in [1.29, 1.82) is 0 Å². The minimum absolute atomic E-state index is 0.0587. The van der Waals surface area contributed by atoms with E-state index in [1.165, 1.54) is 6.07 Å². The average Bonchev–Trinajstić information content (AvgIpc) is 2.43. The lowest BCUT2D eigenvalue weighted by Crippen LogP contribution is -2.14. The lowest BCUT2D eigenvalue weighted by atomic mass is 10.1. The van der Waals surface area contributed by atoms with Crippen LogP contribution in [0.15, 0.2) is 36.4 Å². The predicted octanol–water partition coefficient (Wildman–Crippen LogP) is 3.24. The van der Waals surface area contributed by atoms with Crippen LogP contribution in [0.2, 0.25) is 5.02 Å². The van der Waals surface area contributed by atoms with Crippen molar-refractivity contribution in [1.82, 2.24) is 0 Å². The minimum Gasteiger partial charge on any atom is -0.507 e. The van der Waals surface area contributed by atoms with E-state index in [0.717, 1.165) is 0 Å². The number of halogens is 1. The Morgan fingerprint density at radius 1 is 1.33 bits per heavy atom. The van der Waals surface area contributed by atoms with Gasteiger partial charge in [-0.25, -0.2) is 0 Å². The highest BCUT2D eigenvalue weighted by molar-refractivity contribution is 7.80. The summed E-state index contributed by atoms with van der Waals surface area (Å²) in [5.41, 5.74) is 7.32. The largest absolute Gasteiger partial charge is 0.507 e. The molecule has 0 unspecified atom stereocenters. The zero-order valence-corrected chi connectivity index (χ0v) is 12.8. The summed E-state index contributed by atoms with van der Waals surface area (Å²) in [6, 6.07) is 9.80. The number of hydrogen-bond donors (Lipinski definition) is 3. The molecule has 0 aliphatic carbocycles. The molecule has 0 atom stereocenters. The van der Waals surface area contributed by atoms with Crippen LogP contribution in [0.3, 0.4) is 0 Å². The molecule has 0 bridgehead atoms. The van der Waals surface area contributed by atoms with Gasteiger partial charge in [0, 0.05) is 5.56 Å². The molecular weight excluding hydrogens is 308 g/mol. The third kappa shape index (κ3) is 3.32. The van der Waals surface area contributed by atoms with Crippen molar-refractivity contribution < 1.29 is 9.90 Å². The summed E-state index contributed by atoms with van der Waals surface area (Å²) in [6.07, 6.45) is 0. The van der Waals surface area contributed by atoms with Gasteiger partial charge < -0.3 is 16.2 Å². The molecule has 0 aliphatic rings. The molecule has 0 saturated carbocycles. The molecule has 0 aromatic heterocycles. The molecule has 0 heterocycles. The predicted molar refractivity (Wildman–Crippen MR) is 88.1 cm³/mol. The number of para-hydroxylation sites is 1. The number of anilines is 1. The van der Waals surface area contributed by atoms with Crippen molar-refractivity contribution in [2.75, 3.05) is 5.32 Å². The van der Waals surface area contributed by atoms with E-state index < -0.39 is 5.91 Å². The van der Waals surface area contributed by atoms with Crippen LogP contribution in [0.5, 0.6) is 5.75 Å². The number of phenolic OH excluding ortho intramolecular Hbond substituents is 1. The van der Waals surface area contributed by atoms with E-state index in [0.29, 0.717) is 21.8 Å². The molecule has 2 aromatic rings. The first kappa shape index (κ1) is 15.3. The van der Waals surface area contributed by atoms with Gasteiger partial charge in [0.2, 0.25) is 0 Å². The Balaban J connectivity index is 2.33. The van der Waals surface area contributed by atoms with Crippen molar-refractivity contribution in [2.45, 2.75) is 6.92 Å². The van der Waals surface area contributed by atoms with Crippen LogP contribution in [0.25, 0.3) is 0 Å². The summed E-state index contributed by atoms with van der Waals surface area (Å²) in [4.78, 5) is 12.4. The molecule has 0 radical (unpaired) electrons. The molecule has 0 fully saturated rings. The number of hydrogen-bond acceptors (Lipinski definition) is 3. The third-order valence-electron chi connectivity index (χ3n) is 2.98. The molecule has 0 spiro atoms. The van der Waals surface area contributed by atoms with E-state index in [2.05, 4.69) is 5.32 Å². The Kier molecular flexibility index (Phi) is 4.45. The number of aryl methyl sites for hydroxylation is 1. The molecule has 1 amide bonds. The fourth-order valence-corrected chi connectivity index (χ4v) is 2.10. The van der Waals surface area contributed by atoms with Gasteiger partial charge in [-0.15, -0.1) is 0 Å². The summed E-state index contributed by atoms with van der Waals surface area (Å²) in [6.45, 7) is 1.71. The second kappa shape index (κ2) is 6.11. The topological polar surface area (TPSA) is 75.4 Å². The third-order valence-corrected chi connectivity index (χ3v) is 3.55. The SMILES string of the molecule is Cc1cccc(C(=O)Nc2cc(C(N)=S)ccc2Cl)c1O. The molecule has 0 aliphatic heterocycles. The van der Waals surface area contributed by atoms with E-state index in [1.807, 2.05) is 0 Å². The van der Waals surface area contributed by atoms with Gasteiger partial charge in [-0.3, -0.25) is 4.79 Å². The quantitative estimate of drug-likeness (QED) is 0.759. The van der Waals surface area contributed by atoms with Gasteiger partial charge in [-0.1, -0.05) is 42.0 Å². The fourth-order valence-electron chi connectivity index (χ4n) is 1.81. The second-order valence-corrected chi connectivity index (χ2v) is 5.33. The van der Waals surface area contributed by atoms with Gasteiger partial charge in [0.05, 0.1) is 16.3 Å². The van der Waals surface area contributed by atoms with Crippen molar-refractivity contribution in [3.05, 3.63) is 58.1 Å². The minimum atomic E-state index is -0.460. The first-order valence-electron chi connectivity index (χ1n) is 6.09. The van der Waals surface area contributed by atoms with Crippen molar-refractivity contribution >= 4 is 40.4 Å². The molecule has 4 nitrogen and oxygen atoms in total. The molecule has 2 rings (SSSR count). The molecule has 108 valence electrons. The summed E-state index contributed by atoms with van der Waals surface area (Å²) in [5, 5.41) is 12.9. The number of rotatable bonds is 3. The number of nitrogens with one attached hydrogen (secondary N) is 1. The fraction of sp³-hybridized carbons (Fsp3) is 0.0667. The summed E-state index contributed by atoms with van der Waals surface area (Å²) < 4.78 is 0. The van der Waals surface area contributed by atoms with E-state index in [1.54, 1.807) is 37.3 Å². The number of carbonyl (C=O) groups excluding carboxylic acids is 1. The molecule has 0 saturated heterocycles. The smallest absolute Gasteiger partial charge is 0.259 e. The number of thiocarbonyl (C=S) groups is 1. The first-order chi connectivity index (χ1) is 9.90. The highest BCUT2D eigenvalue weighted by atomic mass is 35.5. The Labute approximate surface area is 132 Å². The molecule has 4 N–H and O–H groups in total. The van der Waals surface area contributed by atoms with Crippen LogP contribution in [0.1, 0.15) is 21.5 Å². The number of phenols is 1. The maximum atomic E-state index is 12.2. The maximum absolute atomic E-state index is 12.2. The Morgan fingerprint density at radius 3 is 2.71 bits per heavy atom. The van der Waals surface area contributed by atoms with Crippen molar-refractivity contribution in [2.24, 2.45) is 5.73 Å². The van der Waals surface area contributed by atoms with Gasteiger partial charge in [0.25, 0.3) is 5.91 Å². The lowest BCUT2D eigenvalue weighted by molar-refractivity contribution is 0.102. The average molecular weight is 321 g/mol. The van der Waals surface area contributed by atoms with E-state index in [9.17, 15) is 9.90 Å². The van der Waals surface area contributed by atoms with E-state index in [-0.39, 0.29) is 16.3 Å². The number of aromatic hydroxyl groups is 1. The number of amides is 1. The first-order valence-corrected chi connectivity index (χ1v) is 6.88. The second-order valence-electron chi connectivity index (χ2n) is 4.48. The zero-order chi connectivity index (χ0) is 15.6. The molecular formula is C15H13ClN2O2S. The Morgan fingerprint density at radius 2 is 2.05 bits per heavy atom. The van der Waals surface area contributed by atoms with Crippen LogP contribution >= 0.6 is 23.8 Å². The van der Waals surface area contributed by atoms with Gasteiger partial charge in [-0.2, -0.15) is 0 Å². The lowest BCUT2D eigenvalue weighted by Gasteiger charge is -2.11. The summed E-state index contributed by atoms with van der Waals surface area (Å²) in [7, 11) is 0. The Hall–Kier alpha value is -2.11. The molecule has 2 aromatic carbocycles. The van der Waals surface area contributed by atoms with Crippen molar-refractivity contribution in [3.8, 4) is 5.75 Å². The number of benzene rings is 2.